The van der Waals surface area contributed by atoms with Crippen molar-refractivity contribution in [3.63, 3.8) is 0 Å². The van der Waals surface area contributed by atoms with Crippen LogP contribution in [-0.4, -0.2) is 105 Å². The molecule has 0 aromatic heterocycles. The molecule has 0 bridgehead atoms. The molecule has 2 amide bonds. The topological polar surface area (TPSA) is 102 Å². The summed E-state index contributed by atoms with van der Waals surface area (Å²) < 4.78 is 32.7. The molecule has 1 aromatic rings. The van der Waals surface area contributed by atoms with Crippen molar-refractivity contribution < 1.29 is 22.7 Å². The first-order valence-electron chi connectivity index (χ1n) is 11.9. The average Bonchev–Trinajstić information content (AvgIpc) is 3.20. The van der Waals surface area contributed by atoms with Gasteiger partial charge in [-0.25, -0.2) is 13.2 Å². The molecule has 34 heavy (non-hydrogen) atoms. The highest BCUT2D eigenvalue weighted by atomic mass is 32.2. The number of anilines is 1. The summed E-state index contributed by atoms with van der Waals surface area (Å²) in [7, 11) is -3.53. The lowest BCUT2D eigenvalue weighted by molar-refractivity contribution is -0.117. The number of benzene rings is 1. The first kappa shape index (κ1) is 24.9. The van der Waals surface area contributed by atoms with Gasteiger partial charge in [-0.05, 0) is 45.0 Å². The summed E-state index contributed by atoms with van der Waals surface area (Å²) in [5.41, 5.74) is 0.186. The van der Waals surface area contributed by atoms with Crippen LogP contribution in [0.2, 0.25) is 0 Å². The van der Waals surface area contributed by atoms with Gasteiger partial charge in [0.1, 0.15) is 5.60 Å². The van der Waals surface area contributed by atoms with Gasteiger partial charge < -0.3 is 19.9 Å². The van der Waals surface area contributed by atoms with Crippen molar-refractivity contribution >= 4 is 27.7 Å². The molecule has 3 aliphatic heterocycles. The lowest BCUT2D eigenvalue weighted by Gasteiger charge is -2.38. The van der Waals surface area contributed by atoms with Gasteiger partial charge in [-0.2, -0.15) is 4.31 Å². The molecule has 0 spiro atoms. The Kier molecular flexibility index (Phi) is 7.18. The summed E-state index contributed by atoms with van der Waals surface area (Å²) >= 11 is 0. The van der Waals surface area contributed by atoms with Crippen molar-refractivity contribution in [2.24, 2.45) is 0 Å². The van der Waals surface area contributed by atoms with Crippen LogP contribution in [0.1, 0.15) is 27.2 Å². The highest BCUT2D eigenvalue weighted by Crippen LogP contribution is 2.27. The predicted molar refractivity (Wildman–Crippen MR) is 128 cm³/mol. The van der Waals surface area contributed by atoms with Gasteiger partial charge in [0.15, 0.2) is 0 Å². The number of sulfonamides is 1. The van der Waals surface area contributed by atoms with Gasteiger partial charge in [0.2, 0.25) is 15.9 Å². The summed E-state index contributed by atoms with van der Waals surface area (Å²) in [5.74, 6) is 0.0253. The molecule has 10 nitrogen and oxygen atoms in total. The molecule has 1 atom stereocenters. The Morgan fingerprint density at radius 2 is 1.62 bits per heavy atom. The van der Waals surface area contributed by atoms with E-state index < -0.39 is 15.6 Å². The van der Waals surface area contributed by atoms with E-state index in [1.54, 1.807) is 34.1 Å². The fourth-order valence-corrected chi connectivity index (χ4v) is 6.05. The molecular weight excluding hydrogens is 458 g/mol. The van der Waals surface area contributed by atoms with Crippen molar-refractivity contribution in [1.29, 1.82) is 0 Å². The molecule has 0 saturated carbocycles. The minimum Gasteiger partial charge on any atom is -0.444 e. The largest absolute Gasteiger partial charge is 0.444 e. The van der Waals surface area contributed by atoms with Gasteiger partial charge in [0.05, 0.1) is 4.90 Å². The standard InChI is InChI=1S/C23H35N5O5S/c1-23(2,3)33-22(30)26-14-12-25(13-15-26)19-16-21(29)28(17-19)18-4-6-20(7-5-18)34(31,32)27-10-8-24-9-11-27/h4-7,19,24H,8-17H2,1-3H3. The summed E-state index contributed by atoms with van der Waals surface area (Å²) in [6.07, 6.45) is 0.111. The quantitative estimate of drug-likeness (QED) is 0.666. The van der Waals surface area contributed by atoms with Crippen molar-refractivity contribution in [3.8, 4) is 0 Å². The second kappa shape index (κ2) is 9.80. The van der Waals surface area contributed by atoms with Gasteiger partial charge in [-0.1, -0.05) is 0 Å². The van der Waals surface area contributed by atoms with Crippen molar-refractivity contribution in [1.82, 2.24) is 19.4 Å². The van der Waals surface area contributed by atoms with E-state index in [2.05, 4.69) is 10.2 Å². The third kappa shape index (κ3) is 5.54. The number of nitrogens with one attached hydrogen (secondary N) is 1. The number of rotatable bonds is 4. The van der Waals surface area contributed by atoms with Crippen LogP contribution in [0.3, 0.4) is 0 Å². The number of carbonyl (C=O) groups is 2. The number of piperazine rings is 2. The van der Waals surface area contributed by atoms with Gasteiger partial charge >= 0.3 is 6.09 Å². The summed E-state index contributed by atoms with van der Waals surface area (Å²) in [6, 6.07) is 6.68. The van der Waals surface area contributed by atoms with E-state index in [4.69, 9.17) is 4.74 Å². The molecule has 0 aliphatic carbocycles. The van der Waals surface area contributed by atoms with Crippen LogP contribution in [0.25, 0.3) is 0 Å². The molecule has 3 saturated heterocycles. The van der Waals surface area contributed by atoms with Crippen LogP contribution in [0.5, 0.6) is 0 Å². The van der Waals surface area contributed by atoms with E-state index in [9.17, 15) is 18.0 Å². The molecule has 11 heteroatoms. The zero-order chi connectivity index (χ0) is 24.5. The monoisotopic (exact) mass is 493 g/mol. The van der Waals surface area contributed by atoms with Crippen LogP contribution >= 0.6 is 0 Å². The molecule has 3 aliphatic rings. The van der Waals surface area contributed by atoms with Gasteiger partial charge in [0, 0.05) is 77.1 Å². The van der Waals surface area contributed by atoms with Crippen LogP contribution in [-0.2, 0) is 19.6 Å². The Labute approximate surface area is 201 Å². The molecule has 1 aromatic carbocycles. The van der Waals surface area contributed by atoms with Crippen molar-refractivity contribution in [2.75, 3.05) is 63.8 Å². The Morgan fingerprint density at radius 1 is 1.00 bits per heavy atom. The number of nitrogens with zero attached hydrogens (tertiary/aromatic N) is 4. The SMILES string of the molecule is CC(C)(C)OC(=O)N1CCN(C2CC(=O)N(c3ccc(S(=O)(=O)N4CCNCC4)cc3)C2)CC1. The second-order valence-electron chi connectivity index (χ2n) is 10.0. The zero-order valence-corrected chi connectivity index (χ0v) is 21.0. The van der Waals surface area contributed by atoms with E-state index >= 15 is 0 Å². The molecular formula is C23H35N5O5S. The Morgan fingerprint density at radius 3 is 2.21 bits per heavy atom. The third-order valence-corrected chi connectivity index (χ3v) is 8.36. The van der Waals surface area contributed by atoms with Crippen LogP contribution in [0, 0.1) is 0 Å². The van der Waals surface area contributed by atoms with Crippen molar-refractivity contribution in [3.05, 3.63) is 24.3 Å². The lowest BCUT2D eigenvalue weighted by atomic mass is 10.2. The summed E-state index contributed by atoms with van der Waals surface area (Å²) in [4.78, 5) is 31.0. The van der Waals surface area contributed by atoms with Crippen molar-refractivity contribution in [2.45, 2.75) is 43.7 Å². The predicted octanol–water partition coefficient (Wildman–Crippen LogP) is 0.939. The Hall–Kier alpha value is -2.21. The van der Waals surface area contributed by atoms with E-state index in [1.807, 2.05) is 20.8 Å². The molecule has 4 rings (SSSR count). The van der Waals surface area contributed by atoms with Gasteiger partial charge in [0.25, 0.3) is 0 Å². The maximum atomic E-state index is 12.9. The average molecular weight is 494 g/mol. The second-order valence-corrected chi connectivity index (χ2v) is 12.0. The number of amides is 2. The van der Waals surface area contributed by atoms with Crippen LogP contribution < -0.4 is 10.2 Å². The number of hydrogen-bond acceptors (Lipinski definition) is 7. The van der Waals surface area contributed by atoms with Crippen LogP contribution in [0.15, 0.2) is 29.2 Å². The molecule has 3 heterocycles. The first-order valence-corrected chi connectivity index (χ1v) is 13.3. The molecule has 3 fully saturated rings. The highest BCUT2D eigenvalue weighted by Gasteiger charge is 2.37. The van der Waals surface area contributed by atoms with Crippen LogP contribution in [0.4, 0.5) is 10.5 Å². The summed E-state index contributed by atoms with van der Waals surface area (Å²) in [5, 5.41) is 3.16. The Balaban J connectivity index is 1.35. The van der Waals surface area contributed by atoms with E-state index in [-0.39, 0.29) is 22.9 Å². The maximum absolute atomic E-state index is 12.9. The van der Waals surface area contributed by atoms with E-state index in [0.717, 1.165) is 0 Å². The minimum atomic E-state index is -3.53. The normalized spacial score (nSPS) is 23.4. The number of ether oxygens (including phenoxy) is 1. The lowest BCUT2D eigenvalue weighted by Crippen LogP contribution is -2.53. The molecule has 1 N–H and O–H groups in total. The first-order chi connectivity index (χ1) is 16.0. The Bertz CT molecular complexity index is 994. The van der Waals surface area contributed by atoms with E-state index in [0.29, 0.717) is 71.0 Å². The fraction of sp³-hybridized carbons (Fsp3) is 0.652. The molecule has 1 unspecified atom stereocenters. The molecule has 188 valence electrons. The number of hydrogen-bond donors (Lipinski definition) is 1. The third-order valence-electron chi connectivity index (χ3n) is 6.45. The fourth-order valence-electron chi connectivity index (χ4n) is 4.61. The minimum absolute atomic E-state index is 0.0253. The number of carbonyl (C=O) groups excluding carboxylic acids is 2. The van der Waals surface area contributed by atoms with Gasteiger partial charge in [-0.3, -0.25) is 9.69 Å². The smallest absolute Gasteiger partial charge is 0.410 e. The maximum Gasteiger partial charge on any atom is 0.410 e. The molecule has 0 radical (unpaired) electrons. The summed E-state index contributed by atoms with van der Waals surface area (Å²) in [6.45, 7) is 10.8. The zero-order valence-electron chi connectivity index (χ0n) is 20.2. The van der Waals surface area contributed by atoms with Gasteiger partial charge in [-0.15, -0.1) is 0 Å². The van der Waals surface area contributed by atoms with E-state index in [1.165, 1.54) is 4.31 Å². The highest BCUT2D eigenvalue weighted by molar-refractivity contribution is 7.89.